The SMILES string of the molecule is CCCNCC1CCCN1CCC(C)(C)OC. The van der Waals surface area contributed by atoms with Gasteiger partial charge in [-0.1, -0.05) is 6.92 Å². The maximum Gasteiger partial charge on any atom is 0.0634 e. The molecule has 0 bridgehead atoms. The molecule has 0 amide bonds. The first-order valence-electron chi connectivity index (χ1n) is 7.09. The van der Waals surface area contributed by atoms with Gasteiger partial charge in [-0.15, -0.1) is 0 Å². The lowest BCUT2D eigenvalue weighted by Gasteiger charge is -2.29. The molecular formula is C14H30N2O. The normalized spacial score (nSPS) is 22.2. The average molecular weight is 242 g/mol. The molecule has 1 N–H and O–H groups in total. The van der Waals surface area contributed by atoms with Crippen LogP contribution < -0.4 is 5.32 Å². The minimum atomic E-state index is 0.0178. The Kier molecular flexibility index (Phi) is 6.45. The first-order chi connectivity index (χ1) is 8.09. The highest BCUT2D eigenvalue weighted by Gasteiger charge is 2.26. The maximum absolute atomic E-state index is 5.49. The van der Waals surface area contributed by atoms with Crippen LogP contribution in [0.4, 0.5) is 0 Å². The van der Waals surface area contributed by atoms with Crippen LogP contribution in [0.25, 0.3) is 0 Å². The number of nitrogens with one attached hydrogen (secondary N) is 1. The molecule has 1 atom stereocenters. The molecule has 102 valence electrons. The third kappa shape index (κ3) is 5.36. The van der Waals surface area contributed by atoms with E-state index in [4.69, 9.17) is 4.74 Å². The van der Waals surface area contributed by atoms with E-state index in [1.807, 2.05) is 7.11 Å². The molecule has 1 rings (SSSR count). The van der Waals surface area contributed by atoms with E-state index < -0.39 is 0 Å². The summed E-state index contributed by atoms with van der Waals surface area (Å²) in [6.45, 7) is 11.3. The molecule has 0 saturated carbocycles. The summed E-state index contributed by atoms with van der Waals surface area (Å²) in [5, 5.41) is 3.55. The van der Waals surface area contributed by atoms with Crippen molar-refractivity contribution < 1.29 is 4.74 Å². The quantitative estimate of drug-likeness (QED) is 0.661. The van der Waals surface area contributed by atoms with E-state index >= 15 is 0 Å². The van der Waals surface area contributed by atoms with E-state index in [2.05, 4.69) is 31.0 Å². The lowest BCUT2D eigenvalue weighted by Crippen LogP contribution is -2.40. The Hall–Kier alpha value is -0.120. The van der Waals surface area contributed by atoms with Crippen molar-refractivity contribution in [2.24, 2.45) is 0 Å². The first kappa shape index (κ1) is 14.9. The van der Waals surface area contributed by atoms with E-state index in [1.54, 1.807) is 0 Å². The van der Waals surface area contributed by atoms with Gasteiger partial charge in [0.15, 0.2) is 0 Å². The van der Waals surface area contributed by atoms with Gasteiger partial charge in [0.25, 0.3) is 0 Å². The van der Waals surface area contributed by atoms with Gasteiger partial charge in [-0.3, -0.25) is 4.90 Å². The molecule has 1 aliphatic rings. The minimum Gasteiger partial charge on any atom is -0.379 e. The molecule has 0 spiro atoms. The summed E-state index contributed by atoms with van der Waals surface area (Å²) in [5.41, 5.74) is 0.0178. The Morgan fingerprint density at radius 3 is 2.82 bits per heavy atom. The fourth-order valence-corrected chi connectivity index (χ4v) is 2.38. The van der Waals surface area contributed by atoms with Gasteiger partial charge in [-0.05, 0) is 52.6 Å². The van der Waals surface area contributed by atoms with Crippen molar-refractivity contribution in [1.82, 2.24) is 10.2 Å². The van der Waals surface area contributed by atoms with Gasteiger partial charge in [0, 0.05) is 26.2 Å². The second-order valence-corrected chi connectivity index (χ2v) is 5.75. The topological polar surface area (TPSA) is 24.5 Å². The number of rotatable bonds is 8. The third-order valence-corrected chi connectivity index (χ3v) is 3.86. The Balaban J connectivity index is 2.26. The van der Waals surface area contributed by atoms with Crippen molar-refractivity contribution >= 4 is 0 Å². The maximum atomic E-state index is 5.49. The largest absolute Gasteiger partial charge is 0.379 e. The zero-order valence-electron chi connectivity index (χ0n) is 12.1. The van der Waals surface area contributed by atoms with Crippen molar-refractivity contribution in [1.29, 1.82) is 0 Å². The van der Waals surface area contributed by atoms with E-state index in [-0.39, 0.29) is 5.60 Å². The summed E-state index contributed by atoms with van der Waals surface area (Å²) in [4.78, 5) is 2.63. The number of likely N-dealkylation sites (tertiary alicyclic amines) is 1. The van der Waals surface area contributed by atoms with Crippen LogP contribution in [0.2, 0.25) is 0 Å². The van der Waals surface area contributed by atoms with Gasteiger partial charge < -0.3 is 10.1 Å². The summed E-state index contributed by atoms with van der Waals surface area (Å²) in [7, 11) is 1.81. The molecule has 0 aliphatic carbocycles. The predicted molar refractivity (Wildman–Crippen MR) is 73.5 cm³/mol. The van der Waals surface area contributed by atoms with Crippen molar-refractivity contribution in [2.45, 2.75) is 58.1 Å². The molecule has 3 nitrogen and oxygen atoms in total. The molecule has 1 saturated heterocycles. The first-order valence-corrected chi connectivity index (χ1v) is 7.09. The molecule has 17 heavy (non-hydrogen) atoms. The second kappa shape index (κ2) is 7.34. The molecule has 0 aromatic heterocycles. The van der Waals surface area contributed by atoms with E-state index in [0.717, 1.165) is 25.6 Å². The van der Waals surface area contributed by atoms with Crippen molar-refractivity contribution in [3.8, 4) is 0 Å². The van der Waals surface area contributed by atoms with E-state index in [1.165, 1.54) is 32.4 Å². The lowest BCUT2D eigenvalue weighted by molar-refractivity contribution is 0.00653. The number of hydrogen-bond donors (Lipinski definition) is 1. The molecule has 0 aromatic rings. The fraction of sp³-hybridized carbons (Fsp3) is 1.00. The van der Waals surface area contributed by atoms with Gasteiger partial charge in [0.2, 0.25) is 0 Å². The molecule has 0 radical (unpaired) electrons. The Bertz CT molecular complexity index is 206. The van der Waals surface area contributed by atoms with Crippen LogP contribution in [0, 0.1) is 0 Å². The summed E-state index contributed by atoms with van der Waals surface area (Å²) in [5.74, 6) is 0. The number of ether oxygens (including phenoxy) is 1. The molecule has 1 fully saturated rings. The highest BCUT2D eigenvalue weighted by atomic mass is 16.5. The Morgan fingerprint density at radius 2 is 2.18 bits per heavy atom. The number of methoxy groups -OCH3 is 1. The zero-order chi connectivity index (χ0) is 12.7. The third-order valence-electron chi connectivity index (χ3n) is 3.86. The van der Waals surface area contributed by atoms with Crippen molar-refractivity contribution in [3.05, 3.63) is 0 Å². The predicted octanol–water partition coefficient (Wildman–Crippen LogP) is 2.27. The smallest absolute Gasteiger partial charge is 0.0634 e. The summed E-state index contributed by atoms with van der Waals surface area (Å²) in [6.07, 6.45) is 5.05. The van der Waals surface area contributed by atoms with Crippen LogP contribution in [0.15, 0.2) is 0 Å². The summed E-state index contributed by atoms with van der Waals surface area (Å²) in [6, 6.07) is 0.745. The standard InChI is InChI=1S/C14H30N2O/c1-5-9-15-12-13-7-6-10-16(13)11-8-14(2,3)17-4/h13,15H,5-12H2,1-4H3. The van der Waals surface area contributed by atoms with Gasteiger partial charge in [-0.25, -0.2) is 0 Å². The minimum absolute atomic E-state index is 0.0178. The summed E-state index contributed by atoms with van der Waals surface area (Å²) < 4.78 is 5.49. The molecular weight excluding hydrogens is 212 g/mol. The van der Waals surface area contributed by atoms with E-state index in [0.29, 0.717) is 0 Å². The van der Waals surface area contributed by atoms with E-state index in [9.17, 15) is 0 Å². The van der Waals surface area contributed by atoms with Crippen LogP contribution in [0.1, 0.15) is 46.5 Å². The highest BCUT2D eigenvalue weighted by molar-refractivity contribution is 4.82. The Morgan fingerprint density at radius 1 is 1.41 bits per heavy atom. The van der Waals surface area contributed by atoms with Crippen molar-refractivity contribution in [2.75, 3.05) is 33.3 Å². The van der Waals surface area contributed by atoms with Gasteiger partial charge in [-0.2, -0.15) is 0 Å². The van der Waals surface area contributed by atoms with Gasteiger partial charge in [0.05, 0.1) is 5.60 Å². The fourth-order valence-electron chi connectivity index (χ4n) is 2.38. The van der Waals surface area contributed by atoms with Crippen LogP contribution in [0.3, 0.4) is 0 Å². The van der Waals surface area contributed by atoms with Crippen LogP contribution in [-0.4, -0.2) is 49.8 Å². The molecule has 0 aromatic carbocycles. The molecule has 3 heteroatoms. The number of hydrogen-bond acceptors (Lipinski definition) is 3. The monoisotopic (exact) mass is 242 g/mol. The van der Waals surface area contributed by atoms with Gasteiger partial charge >= 0.3 is 0 Å². The molecule has 1 aliphatic heterocycles. The Labute approximate surface area is 107 Å². The molecule has 1 unspecified atom stereocenters. The number of nitrogens with zero attached hydrogens (tertiary/aromatic N) is 1. The van der Waals surface area contributed by atoms with Crippen LogP contribution in [-0.2, 0) is 4.74 Å². The van der Waals surface area contributed by atoms with Crippen LogP contribution >= 0.6 is 0 Å². The molecule has 1 heterocycles. The second-order valence-electron chi connectivity index (χ2n) is 5.75. The lowest BCUT2D eigenvalue weighted by atomic mass is 10.0. The average Bonchev–Trinajstić information content (AvgIpc) is 2.75. The van der Waals surface area contributed by atoms with Crippen molar-refractivity contribution in [3.63, 3.8) is 0 Å². The summed E-state index contributed by atoms with van der Waals surface area (Å²) >= 11 is 0. The van der Waals surface area contributed by atoms with Gasteiger partial charge in [0.1, 0.15) is 0 Å². The van der Waals surface area contributed by atoms with Crippen LogP contribution in [0.5, 0.6) is 0 Å². The zero-order valence-corrected chi connectivity index (χ0v) is 12.1. The highest BCUT2D eigenvalue weighted by Crippen LogP contribution is 2.20.